The summed E-state index contributed by atoms with van der Waals surface area (Å²) in [5.41, 5.74) is 4.81. The van der Waals surface area contributed by atoms with Crippen molar-refractivity contribution in [2.45, 2.75) is 37.9 Å². The van der Waals surface area contributed by atoms with Gasteiger partial charge in [0.05, 0.1) is 11.1 Å². The predicted molar refractivity (Wildman–Crippen MR) is 70.2 cm³/mol. The van der Waals surface area contributed by atoms with Crippen LogP contribution in [0.2, 0.25) is 0 Å². The molecule has 0 heterocycles. The van der Waals surface area contributed by atoms with Crippen molar-refractivity contribution in [2.75, 3.05) is 12.8 Å². The molecule has 1 aliphatic rings. The molecule has 2 rings (SSSR count). The highest BCUT2D eigenvalue weighted by Crippen LogP contribution is 2.32. The molecule has 1 amide bonds. The Labute approximate surface area is 115 Å². The summed E-state index contributed by atoms with van der Waals surface area (Å²) in [7, 11) is 1.62. The number of nitrogens with two attached hydrogens (primary N) is 1. The van der Waals surface area contributed by atoms with Crippen LogP contribution in [-0.4, -0.2) is 23.9 Å². The van der Waals surface area contributed by atoms with Gasteiger partial charge >= 0.3 is 6.18 Å². The van der Waals surface area contributed by atoms with Gasteiger partial charge in [0.2, 0.25) is 0 Å². The average molecular weight is 286 g/mol. The normalized spacial score (nSPS) is 16.4. The molecule has 1 aromatic rings. The molecule has 0 aromatic heterocycles. The van der Waals surface area contributed by atoms with Gasteiger partial charge in [-0.15, -0.1) is 0 Å². The Morgan fingerprint density at radius 2 is 1.90 bits per heavy atom. The number of benzene rings is 1. The molecule has 20 heavy (non-hydrogen) atoms. The highest BCUT2D eigenvalue weighted by molar-refractivity contribution is 5.99. The highest BCUT2D eigenvalue weighted by Gasteiger charge is 2.32. The topological polar surface area (TPSA) is 46.3 Å². The highest BCUT2D eigenvalue weighted by atomic mass is 19.4. The van der Waals surface area contributed by atoms with E-state index in [9.17, 15) is 18.0 Å². The number of carbonyl (C=O) groups is 1. The lowest BCUT2D eigenvalue weighted by atomic mass is 10.1. The Kier molecular flexibility index (Phi) is 3.92. The third kappa shape index (κ3) is 2.89. The van der Waals surface area contributed by atoms with Crippen LogP contribution in [-0.2, 0) is 6.18 Å². The summed E-state index contributed by atoms with van der Waals surface area (Å²) in [5.74, 6) is -0.444. The van der Waals surface area contributed by atoms with Crippen molar-refractivity contribution >= 4 is 11.6 Å². The van der Waals surface area contributed by atoms with Gasteiger partial charge in [-0.3, -0.25) is 4.79 Å². The number of rotatable bonds is 2. The SMILES string of the molecule is CN(C(=O)c1cc(C(F)(F)F)ccc1N)C1CCCC1. The van der Waals surface area contributed by atoms with Gasteiger partial charge in [0, 0.05) is 18.8 Å². The standard InChI is InChI=1S/C14H17F3N2O/c1-19(10-4-2-3-5-10)13(20)11-8-9(14(15,16)17)6-7-12(11)18/h6-8,10H,2-5,18H2,1H3. The monoisotopic (exact) mass is 286 g/mol. The first-order valence-corrected chi connectivity index (χ1v) is 6.54. The molecule has 0 radical (unpaired) electrons. The number of amides is 1. The smallest absolute Gasteiger partial charge is 0.398 e. The van der Waals surface area contributed by atoms with Crippen molar-refractivity contribution in [1.82, 2.24) is 4.90 Å². The minimum Gasteiger partial charge on any atom is -0.398 e. The zero-order valence-electron chi connectivity index (χ0n) is 11.2. The van der Waals surface area contributed by atoms with E-state index in [-0.39, 0.29) is 17.3 Å². The van der Waals surface area contributed by atoms with Gasteiger partial charge in [0.25, 0.3) is 5.91 Å². The summed E-state index contributed by atoms with van der Waals surface area (Å²) in [6.07, 6.45) is -0.614. The molecule has 0 aliphatic heterocycles. The molecular weight excluding hydrogens is 269 g/mol. The first-order chi connectivity index (χ1) is 9.30. The lowest BCUT2D eigenvalue weighted by Gasteiger charge is -2.25. The molecule has 0 atom stereocenters. The second kappa shape index (κ2) is 5.34. The van der Waals surface area contributed by atoms with Crippen LogP contribution in [0.4, 0.5) is 18.9 Å². The van der Waals surface area contributed by atoms with Crippen LogP contribution in [0.5, 0.6) is 0 Å². The number of halogens is 3. The summed E-state index contributed by atoms with van der Waals surface area (Å²) < 4.78 is 38.1. The first-order valence-electron chi connectivity index (χ1n) is 6.54. The van der Waals surface area contributed by atoms with E-state index < -0.39 is 17.6 Å². The van der Waals surface area contributed by atoms with Gasteiger partial charge in [-0.25, -0.2) is 0 Å². The Balaban J connectivity index is 2.28. The van der Waals surface area contributed by atoms with E-state index in [2.05, 4.69) is 0 Å². The van der Waals surface area contributed by atoms with Gasteiger partial charge in [-0.2, -0.15) is 13.2 Å². The molecule has 0 saturated heterocycles. The minimum absolute atomic E-state index is 0.0748. The Hall–Kier alpha value is -1.72. The van der Waals surface area contributed by atoms with Gasteiger partial charge < -0.3 is 10.6 Å². The van der Waals surface area contributed by atoms with Crippen molar-refractivity contribution in [3.63, 3.8) is 0 Å². The summed E-state index contributed by atoms with van der Waals surface area (Å²) in [5, 5.41) is 0. The maximum Gasteiger partial charge on any atom is 0.416 e. The van der Waals surface area contributed by atoms with Gasteiger partial charge in [0.15, 0.2) is 0 Å². The van der Waals surface area contributed by atoms with E-state index in [1.807, 2.05) is 0 Å². The second-order valence-electron chi connectivity index (χ2n) is 5.15. The maximum atomic E-state index is 12.7. The van der Waals surface area contributed by atoms with Crippen molar-refractivity contribution in [2.24, 2.45) is 0 Å². The molecule has 1 saturated carbocycles. The number of nitrogens with zero attached hydrogens (tertiary/aromatic N) is 1. The molecule has 0 unspecified atom stereocenters. The maximum absolute atomic E-state index is 12.7. The molecule has 2 N–H and O–H groups in total. The molecule has 6 heteroatoms. The number of alkyl halides is 3. The molecule has 1 aromatic carbocycles. The minimum atomic E-state index is -4.48. The largest absolute Gasteiger partial charge is 0.416 e. The molecule has 3 nitrogen and oxygen atoms in total. The zero-order chi connectivity index (χ0) is 14.9. The third-order valence-electron chi connectivity index (χ3n) is 3.80. The van der Waals surface area contributed by atoms with Gasteiger partial charge in [-0.1, -0.05) is 12.8 Å². The molecule has 110 valence electrons. The van der Waals surface area contributed by atoms with Crippen LogP contribution in [0.25, 0.3) is 0 Å². The van der Waals surface area contributed by atoms with Crippen LogP contribution in [0.1, 0.15) is 41.6 Å². The number of hydrogen-bond donors (Lipinski definition) is 1. The van der Waals surface area contributed by atoms with E-state index in [0.29, 0.717) is 0 Å². The summed E-state index contributed by atoms with van der Waals surface area (Å²) in [4.78, 5) is 13.8. The van der Waals surface area contributed by atoms with E-state index in [0.717, 1.165) is 43.9 Å². The van der Waals surface area contributed by atoms with Crippen molar-refractivity contribution < 1.29 is 18.0 Å². The van der Waals surface area contributed by atoms with E-state index >= 15 is 0 Å². The molecule has 0 bridgehead atoms. The first kappa shape index (κ1) is 14.7. The molecular formula is C14H17F3N2O. The second-order valence-corrected chi connectivity index (χ2v) is 5.15. The lowest BCUT2D eigenvalue weighted by molar-refractivity contribution is -0.137. The Morgan fingerprint density at radius 1 is 1.30 bits per heavy atom. The summed E-state index contributed by atoms with van der Waals surface area (Å²) in [6, 6.07) is 2.96. The van der Waals surface area contributed by atoms with E-state index in [1.165, 1.54) is 4.90 Å². The third-order valence-corrected chi connectivity index (χ3v) is 3.80. The lowest BCUT2D eigenvalue weighted by Crippen LogP contribution is -2.35. The number of carbonyl (C=O) groups excluding carboxylic acids is 1. The number of hydrogen-bond acceptors (Lipinski definition) is 2. The van der Waals surface area contributed by atoms with E-state index in [1.54, 1.807) is 7.05 Å². The van der Waals surface area contributed by atoms with Gasteiger partial charge in [0.1, 0.15) is 0 Å². The summed E-state index contributed by atoms with van der Waals surface area (Å²) in [6.45, 7) is 0. The van der Waals surface area contributed by atoms with Crippen LogP contribution in [0.3, 0.4) is 0 Å². The fourth-order valence-corrected chi connectivity index (χ4v) is 2.57. The number of anilines is 1. The van der Waals surface area contributed by atoms with E-state index in [4.69, 9.17) is 5.73 Å². The zero-order valence-corrected chi connectivity index (χ0v) is 11.2. The molecule has 1 aliphatic carbocycles. The Bertz CT molecular complexity index is 508. The fraction of sp³-hybridized carbons (Fsp3) is 0.500. The van der Waals surface area contributed by atoms with Crippen molar-refractivity contribution in [1.29, 1.82) is 0 Å². The molecule has 0 spiro atoms. The van der Waals surface area contributed by atoms with Crippen LogP contribution in [0, 0.1) is 0 Å². The van der Waals surface area contributed by atoms with Crippen LogP contribution >= 0.6 is 0 Å². The number of nitrogen functional groups attached to an aromatic ring is 1. The van der Waals surface area contributed by atoms with Crippen molar-refractivity contribution in [3.8, 4) is 0 Å². The quantitative estimate of drug-likeness (QED) is 0.848. The average Bonchev–Trinajstić information content (AvgIpc) is 2.90. The Morgan fingerprint density at radius 3 is 2.45 bits per heavy atom. The van der Waals surface area contributed by atoms with Gasteiger partial charge in [-0.05, 0) is 31.0 Å². The van der Waals surface area contributed by atoms with Crippen LogP contribution < -0.4 is 5.73 Å². The predicted octanol–water partition coefficient (Wildman–Crippen LogP) is 3.30. The molecule has 1 fully saturated rings. The van der Waals surface area contributed by atoms with Crippen molar-refractivity contribution in [3.05, 3.63) is 29.3 Å². The summed E-state index contributed by atoms with van der Waals surface area (Å²) >= 11 is 0. The fourth-order valence-electron chi connectivity index (χ4n) is 2.57. The van der Waals surface area contributed by atoms with Crippen LogP contribution in [0.15, 0.2) is 18.2 Å².